The maximum absolute atomic E-state index is 13.9. The highest BCUT2D eigenvalue weighted by atomic mass is 19.1. The smallest absolute Gasteiger partial charge is 0.407 e. The predicted octanol–water partition coefficient (Wildman–Crippen LogP) is 5.98. The maximum atomic E-state index is 13.9. The van der Waals surface area contributed by atoms with Crippen molar-refractivity contribution in [3.63, 3.8) is 0 Å². The third-order valence-corrected chi connectivity index (χ3v) is 7.19. The number of alkyl carbamates (subject to hydrolysis) is 1. The molecule has 2 amide bonds. The molecule has 0 saturated heterocycles. The maximum Gasteiger partial charge on any atom is 0.407 e. The summed E-state index contributed by atoms with van der Waals surface area (Å²) in [7, 11) is 0. The number of ether oxygens (including phenoxy) is 2. The van der Waals surface area contributed by atoms with Gasteiger partial charge in [0.1, 0.15) is 18.5 Å². The molecule has 2 unspecified atom stereocenters. The van der Waals surface area contributed by atoms with Gasteiger partial charge in [-0.15, -0.1) is 0 Å². The molecule has 1 aliphatic carbocycles. The molecule has 9 heteroatoms. The number of hydrogen-bond donors (Lipinski definition) is 3. The summed E-state index contributed by atoms with van der Waals surface area (Å²) in [4.78, 5) is 38.1. The van der Waals surface area contributed by atoms with Gasteiger partial charge in [0.25, 0.3) is 0 Å². The van der Waals surface area contributed by atoms with E-state index in [2.05, 4.69) is 10.6 Å². The summed E-state index contributed by atoms with van der Waals surface area (Å²) in [6.07, 6.45) is -1.72. The van der Waals surface area contributed by atoms with Crippen LogP contribution in [-0.4, -0.2) is 41.8 Å². The van der Waals surface area contributed by atoms with Gasteiger partial charge in [0.05, 0.1) is 24.0 Å². The first-order chi connectivity index (χ1) is 20.3. The normalized spacial score (nSPS) is 13.4. The highest BCUT2D eigenvalue weighted by Gasteiger charge is 2.32. The third kappa shape index (κ3) is 6.31. The molecular weight excluding hydrogens is 539 g/mol. The van der Waals surface area contributed by atoms with Crippen molar-refractivity contribution in [3.05, 3.63) is 125 Å². The number of hydrogen-bond acceptors (Lipinski definition) is 5. The number of amides is 2. The van der Waals surface area contributed by atoms with Gasteiger partial charge >= 0.3 is 12.1 Å². The molecule has 1 aliphatic rings. The van der Waals surface area contributed by atoms with Crippen molar-refractivity contribution in [1.29, 1.82) is 0 Å². The zero-order valence-electron chi connectivity index (χ0n) is 22.8. The minimum Gasteiger partial charge on any atom is -0.478 e. The number of rotatable bonds is 10. The Balaban J connectivity index is 1.32. The second kappa shape index (κ2) is 12.7. The van der Waals surface area contributed by atoms with E-state index in [1.54, 1.807) is 6.92 Å². The first kappa shape index (κ1) is 28.5. The molecular formula is C33H29FN2O6. The van der Waals surface area contributed by atoms with Gasteiger partial charge in [0, 0.05) is 5.92 Å². The van der Waals surface area contributed by atoms with Gasteiger partial charge in [-0.25, -0.2) is 14.0 Å². The summed E-state index contributed by atoms with van der Waals surface area (Å²) in [5.74, 6) is -3.06. The van der Waals surface area contributed by atoms with Gasteiger partial charge in [0.15, 0.2) is 0 Å². The third-order valence-electron chi connectivity index (χ3n) is 7.19. The molecule has 4 aromatic carbocycles. The number of carboxylic acids is 1. The van der Waals surface area contributed by atoms with Gasteiger partial charge in [-0.3, -0.25) is 4.79 Å². The quantitative estimate of drug-likeness (QED) is 0.217. The Morgan fingerprint density at radius 2 is 1.50 bits per heavy atom. The lowest BCUT2D eigenvalue weighted by Gasteiger charge is -2.25. The average molecular weight is 569 g/mol. The van der Waals surface area contributed by atoms with Gasteiger partial charge in [-0.05, 0) is 52.9 Å². The highest BCUT2D eigenvalue weighted by Crippen LogP contribution is 2.44. The Kier molecular flexibility index (Phi) is 8.59. The Morgan fingerprint density at radius 1 is 0.881 bits per heavy atom. The summed E-state index contributed by atoms with van der Waals surface area (Å²) < 4.78 is 25.5. The number of nitrogens with one attached hydrogen (secondary N) is 2. The number of benzene rings is 4. The van der Waals surface area contributed by atoms with Gasteiger partial charge < -0.3 is 25.2 Å². The molecule has 3 N–H and O–H groups in total. The molecule has 0 radical (unpaired) electrons. The minimum absolute atomic E-state index is 0.0283. The topological polar surface area (TPSA) is 114 Å². The van der Waals surface area contributed by atoms with Gasteiger partial charge in [-0.1, -0.05) is 78.9 Å². The van der Waals surface area contributed by atoms with Crippen molar-refractivity contribution in [2.75, 3.05) is 11.9 Å². The van der Waals surface area contributed by atoms with E-state index in [1.807, 2.05) is 78.9 Å². The van der Waals surface area contributed by atoms with Crippen molar-refractivity contribution >= 4 is 23.7 Å². The Morgan fingerprint density at radius 3 is 2.14 bits per heavy atom. The Labute approximate surface area is 242 Å². The van der Waals surface area contributed by atoms with Crippen molar-refractivity contribution in [1.82, 2.24) is 5.32 Å². The fraction of sp³-hybridized carbons (Fsp3) is 0.182. The lowest BCUT2D eigenvalue weighted by molar-refractivity contribution is -0.121. The predicted molar refractivity (Wildman–Crippen MR) is 155 cm³/mol. The molecule has 0 heterocycles. The van der Waals surface area contributed by atoms with E-state index in [1.165, 1.54) is 0 Å². The number of carbonyl (C=O) groups is 3. The Hall–Kier alpha value is -5.02. The molecule has 0 fully saturated rings. The standard InChI is InChI=1S/C33H29FN2O6/c1-20(41-18-21-9-3-2-4-10-21)30(31(37)35-29-17-22(34)15-16-27(29)32(38)39)36-33(40)42-19-28-25-13-7-5-11-23(25)24-12-6-8-14-26(24)28/h2-17,20,28,30H,18-19H2,1H3,(H,35,37)(H,36,40)(H,38,39). The van der Waals surface area contributed by atoms with Crippen LogP contribution in [0.1, 0.15) is 39.9 Å². The van der Waals surface area contributed by atoms with Crippen molar-refractivity contribution in [2.24, 2.45) is 0 Å². The largest absolute Gasteiger partial charge is 0.478 e. The van der Waals surface area contributed by atoms with E-state index in [0.29, 0.717) is 0 Å². The van der Waals surface area contributed by atoms with Crippen LogP contribution in [0.2, 0.25) is 0 Å². The molecule has 214 valence electrons. The molecule has 0 bridgehead atoms. The van der Waals surface area contributed by atoms with Crippen LogP contribution >= 0.6 is 0 Å². The number of carboxylic acid groups (broad SMARTS) is 1. The minimum atomic E-state index is -1.35. The number of fused-ring (bicyclic) bond motifs is 3. The van der Waals surface area contributed by atoms with Crippen LogP contribution in [0.5, 0.6) is 0 Å². The second-order valence-corrected chi connectivity index (χ2v) is 9.93. The summed E-state index contributed by atoms with van der Waals surface area (Å²) in [6.45, 7) is 1.78. The highest BCUT2D eigenvalue weighted by molar-refractivity contribution is 6.03. The molecule has 4 aromatic rings. The molecule has 0 aromatic heterocycles. The van der Waals surface area contributed by atoms with E-state index < -0.39 is 35.9 Å². The van der Waals surface area contributed by atoms with Gasteiger partial charge in [-0.2, -0.15) is 0 Å². The molecule has 42 heavy (non-hydrogen) atoms. The van der Waals surface area contributed by atoms with Crippen LogP contribution < -0.4 is 10.6 Å². The Bertz CT molecular complexity index is 1560. The number of carbonyl (C=O) groups excluding carboxylic acids is 2. The monoisotopic (exact) mass is 568 g/mol. The molecule has 8 nitrogen and oxygen atoms in total. The SMILES string of the molecule is CC(OCc1ccccc1)C(NC(=O)OCC1c2ccccc2-c2ccccc21)C(=O)Nc1cc(F)ccc1C(=O)O. The van der Waals surface area contributed by atoms with E-state index in [0.717, 1.165) is 46.0 Å². The van der Waals surface area contributed by atoms with Crippen molar-refractivity contribution in [3.8, 4) is 11.1 Å². The summed E-state index contributed by atoms with van der Waals surface area (Å²) in [6, 6.07) is 26.7. The summed E-state index contributed by atoms with van der Waals surface area (Å²) in [5.41, 5.74) is 4.52. The zero-order chi connectivity index (χ0) is 29.6. The van der Waals surface area contributed by atoms with E-state index in [-0.39, 0.29) is 30.4 Å². The molecule has 0 spiro atoms. The molecule has 5 rings (SSSR count). The van der Waals surface area contributed by atoms with Crippen molar-refractivity contribution in [2.45, 2.75) is 31.6 Å². The van der Waals surface area contributed by atoms with E-state index in [4.69, 9.17) is 9.47 Å². The second-order valence-electron chi connectivity index (χ2n) is 9.93. The van der Waals surface area contributed by atoms with Crippen LogP contribution in [-0.2, 0) is 20.9 Å². The van der Waals surface area contributed by atoms with Crippen molar-refractivity contribution < 1.29 is 33.4 Å². The summed E-state index contributed by atoms with van der Waals surface area (Å²) >= 11 is 0. The zero-order valence-corrected chi connectivity index (χ0v) is 22.8. The van der Waals surface area contributed by atoms with E-state index >= 15 is 0 Å². The van der Waals surface area contributed by atoms with Crippen LogP contribution in [0.15, 0.2) is 97.1 Å². The van der Waals surface area contributed by atoms with Crippen LogP contribution in [0, 0.1) is 5.82 Å². The molecule has 0 saturated carbocycles. The van der Waals surface area contributed by atoms with Crippen LogP contribution in [0.25, 0.3) is 11.1 Å². The molecule has 0 aliphatic heterocycles. The number of anilines is 1. The first-order valence-electron chi connectivity index (χ1n) is 13.4. The number of halogens is 1. The fourth-order valence-electron chi connectivity index (χ4n) is 5.08. The van der Waals surface area contributed by atoms with Crippen LogP contribution in [0.4, 0.5) is 14.9 Å². The average Bonchev–Trinajstić information content (AvgIpc) is 3.31. The number of aromatic carboxylic acids is 1. The van der Waals surface area contributed by atoms with E-state index in [9.17, 15) is 23.9 Å². The lowest BCUT2D eigenvalue weighted by atomic mass is 9.98. The first-order valence-corrected chi connectivity index (χ1v) is 13.4. The van der Waals surface area contributed by atoms with Crippen LogP contribution in [0.3, 0.4) is 0 Å². The van der Waals surface area contributed by atoms with Gasteiger partial charge in [0.2, 0.25) is 5.91 Å². The lowest BCUT2D eigenvalue weighted by Crippen LogP contribution is -2.51. The fourth-order valence-corrected chi connectivity index (χ4v) is 5.08. The summed E-state index contributed by atoms with van der Waals surface area (Å²) in [5, 5.41) is 14.5. The molecule has 2 atom stereocenters.